The summed E-state index contributed by atoms with van der Waals surface area (Å²) in [6.45, 7) is 1.22. The molecule has 10 heteroatoms. The number of nitrogens with zero attached hydrogens (tertiary/aromatic N) is 4. The molecule has 0 radical (unpaired) electrons. The number of rotatable bonds is 5. The molecule has 2 aliphatic heterocycles. The fraction of sp³-hybridized carbons (Fsp3) is 0.370. The Hall–Kier alpha value is -3.21. The van der Waals surface area contributed by atoms with Gasteiger partial charge in [-0.2, -0.15) is 5.10 Å². The molecule has 37 heavy (non-hydrogen) atoms. The van der Waals surface area contributed by atoms with Gasteiger partial charge in [-0.25, -0.2) is 21.8 Å². The second-order valence-electron chi connectivity index (χ2n) is 9.86. The predicted octanol–water partition coefficient (Wildman–Crippen LogP) is 3.43. The number of aromatic nitrogens is 3. The van der Waals surface area contributed by atoms with Crippen LogP contribution in [-0.4, -0.2) is 64.8 Å². The Labute approximate surface area is 214 Å². The SMILES string of the molecule is O=C(c1ccccn1)C12Cc3cnn(-c4ccc(F)cc4)c3C=C1CCN(S(=O)(=O)C1CCOCC1)C2. The van der Waals surface area contributed by atoms with Crippen molar-refractivity contribution in [2.24, 2.45) is 5.41 Å². The van der Waals surface area contributed by atoms with Crippen molar-refractivity contribution in [1.82, 2.24) is 19.1 Å². The van der Waals surface area contributed by atoms with Crippen LogP contribution in [0.3, 0.4) is 0 Å². The number of piperidine rings is 1. The van der Waals surface area contributed by atoms with Crippen molar-refractivity contribution in [2.45, 2.75) is 30.9 Å². The Kier molecular flexibility index (Phi) is 6.05. The Morgan fingerprint density at radius 2 is 1.89 bits per heavy atom. The molecule has 0 saturated carbocycles. The van der Waals surface area contributed by atoms with E-state index in [0.29, 0.717) is 56.8 Å². The van der Waals surface area contributed by atoms with Crippen LogP contribution in [-0.2, 0) is 21.2 Å². The first-order chi connectivity index (χ1) is 17.9. The zero-order chi connectivity index (χ0) is 25.6. The molecule has 1 aromatic carbocycles. The van der Waals surface area contributed by atoms with Gasteiger partial charge in [-0.1, -0.05) is 11.6 Å². The van der Waals surface area contributed by atoms with Crippen molar-refractivity contribution in [3.05, 3.63) is 83.2 Å². The highest BCUT2D eigenvalue weighted by Crippen LogP contribution is 2.47. The quantitative estimate of drug-likeness (QED) is 0.477. The number of carbonyl (C=O) groups is 1. The molecule has 0 N–H and O–H groups in total. The molecule has 0 spiro atoms. The molecule has 0 amide bonds. The minimum atomic E-state index is -3.61. The molecule has 1 atom stereocenters. The lowest BCUT2D eigenvalue weighted by atomic mass is 9.65. The van der Waals surface area contributed by atoms with Crippen LogP contribution in [0.4, 0.5) is 4.39 Å². The van der Waals surface area contributed by atoms with Crippen molar-refractivity contribution in [1.29, 1.82) is 0 Å². The van der Waals surface area contributed by atoms with Gasteiger partial charge in [-0.15, -0.1) is 0 Å². The monoisotopic (exact) mass is 522 g/mol. The van der Waals surface area contributed by atoms with E-state index in [1.165, 1.54) is 16.4 Å². The number of sulfonamides is 1. The molecule has 3 aliphatic rings. The van der Waals surface area contributed by atoms with Crippen molar-refractivity contribution < 1.29 is 22.3 Å². The molecule has 3 aromatic rings. The summed E-state index contributed by atoms with van der Waals surface area (Å²) in [5.74, 6) is -0.521. The molecule has 2 aromatic heterocycles. The van der Waals surface area contributed by atoms with Gasteiger partial charge >= 0.3 is 0 Å². The summed E-state index contributed by atoms with van der Waals surface area (Å²) in [5.41, 5.74) is 2.48. The van der Waals surface area contributed by atoms with Crippen LogP contribution >= 0.6 is 0 Å². The van der Waals surface area contributed by atoms with Gasteiger partial charge in [-0.05, 0) is 73.7 Å². The minimum absolute atomic E-state index is 0.0646. The normalized spacial score (nSPS) is 22.7. The first-order valence-corrected chi connectivity index (χ1v) is 14.0. The third-order valence-electron chi connectivity index (χ3n) is 7.73. The molecule has 192 valence electrons. The summed E-state index contributed by atoms with van der Waals surface area (Å²) >= 11 is 0. The maximum absolute atomic E-state index is 14.1. The van der Waals surface area contributed by atoms with Crippen LogP contribution in [0.5, 0.6) is 0 Å². The van der Waals surface area contributed by atoms with Crippen LogP contribution in [0.15, 0.2) is 60.4 Å². The molecule has 6 rings (SSSR count). The standard InChI is InChI=1S/C27H27FN4O4S/c28-21-4-6-22(7-5-21)32-25-15-20-8-12-31(37(34,35)23-9-13-36-14-10-23)18-27(20,16-19(25)17-30-32)26(33)24-3-1-2-11-29-24/h1-7,11,15,17,23H,8-10,12-14,16,18H2. The lowest BCUT2D eigenvalue weighted by molar-refractivity contribution is 0.0761. The van der Waals surface area contributed by atoms with Gasteiger partial charge < -0.3 is 4.74 Å². The second kappa shape index (κ2) is 9.27. The molecule has 1 unspecified atom stereocenters. The highest BCUT2D eigenvalue weighted by molar-refractivity contribution is 7.89. The van der Waals surface area contributed by atoms with Gasteiger partial charge in [-0.3, -0.25) is 9.78 Å². The highest BCUT2D eigenvalue weighted by Gasteiger charge is 2.52. The van der Waals surface area contributed by atoms with Gasteiger partial charge in [0.25, 0.3) is 0 Å². The van der Waals surface area contributed by atoms with Crippen LogP contribution in [0, 0.1) is 11.2 Å². The molecule has 1 aliphatic carbocycles. The van der Waals surface area contributed by atoms with Gasteiger partial charge in [0.2, 0.25) is 10.0 Å². The van der Waals surface area contributed by atoms with Gasteiger partial charge in [0, 0.05) is 32.5 Å². The molecular formula is C27H27FN4O4S. The Morgan fingerprint density at radius 1 is 1.11 bits per heavy atom. The van der Waals surface area contributed by atoms with Crippen molar-refractivity contribution >= 4 is 21.9 Å². The summed E-state index contributed by atoms with van der Waals surface area (Å²) in [5, 5.41) is 4.03. The number of carbonyl (C=O) groups excluding carboxylic acids is 1. The predicted molar refractivity (Wildman–Crippen MR) is 135 cm³/mol. The zero-order valence-corrected chi connectivity index (χ0v) is 21.0. The number of hydrogen-bond acceptors (Lipinski definition) is 6. The maximum atomic E-state index is 14.1. The maximum Gasteiger partial charge on any atom is 0.217 e. The lowest BCUT2D eigenvalue weighted by Gasteiger charge is -2.45. The topological polar surface area (TPSA) is 94.4 Å². The lowest BCUT2D eigenvalue weighted by Crippen LogP contribution is -2.55. The van der Waals surface area contributed by atoms with E-state index in [9.17, 15) is 17.6 Å². The Morgan fingerprint density at radius 3 is 2.62 bits per heavy atom. The number of pyridine rings is 1. The van der Waals surface area contributed by atoms with Gasteiger partial charge in [0.1, 0.15) is 11.5 Å². The largest absolute Gasteiger partial charge is 0.381 e. The number of fused-ring (bicyclic) bond motifs is 2. The number of ketones is 1. The van der Waals surface area contributed by atoms with Gasteiger partial charge in [0.05, 0.1) is 28.2 Å². The van der Waals surface area contributed by atoms with E-state index in [1.807, 2.05) is 6.08 Å². The van der Waals surface area contributed by atoms with E-state index in [-0.39, 0.29) is 18.1 Å². The molecule has 2 saturated heterocycles. The van der Waals surface area contributed by atoms with E-state index in [4.69, 9.17) is 4.74 Å². The average Bonchev–Trinajstić information content (AvgIpc) is 3.34. The molecular weight excluding hydrogens is 495 g/mol. The number of Topliss-reactive ketones (excluding diaryl/α,β-unsaturated/α-hetero) is 1. The van der Waals surface area contributed by atoms with E-state index in [1.54, 1.807) is 47.4 Å². The molecule has 8 nitrogen and oxygen atoms in total. The third kappa shape index (κ3) is 4.13. The molecule has 4 heterocycles. The van der Waals surface area contributed by atoms with Crippen LogP contribution in [0.25, 0.3) is 11.8 Å². The first kappa shape index (κ1) is 24.1. The fourth-order valence-corrected chi connectivity index (χ4v) is 7.70. The van der Waals surface area contributed by atoms with E-state index in [0.717, 1.165) is 16.8 Å². The Balaban J connectivity index is 1.42. The third-order valence-corrected chi connectivity index (χ3v) is 10.1. The van der Waals surface area contributed by atoms with Crippen molar-refractivity contribution in [3.63, 3.8) is 0 Å². The van der Waals surface area contributed by atoms with E-state index in [2.05, 4.69) is 10.1 Å². The van der Waals surface area contributed by atoms with Crippen LogP contribution < -0.4 is 0 Å². The summed E-state index contributed by atoms with van der Waals surface area (Å²) in [7, 11) is -3.61. The second-order valence-corrected chi connectivity index (χ2v) is 12.1. The van der Waals surface area contributed by atoms with Crippen LogP contribution in [0.1, 0.15) is 41.0 Å². The average molecular weight is 523 g/mol. The van der Waals surface area contributed by atoms with E-state index < -0.39 is 20.7 Å². The highest BCUT2D eigenvalue weighted by atomic mass is 32.2. The summed E-state index contributed by atoms with van der Waals surface area (Å²) in [6.07, 6.45) is 6.90. The Bertz CT molecular complexity index is 1460. The fourth-order valence-electron chi connectivity index (χ4n) is 5.75. The van der Waals surface area contributed by atoms with E-state index >= 15 is 0 Å². The van der Waals surface area contributed by atoms with Crippen LogP contribution in [0.2, 0.25) is 0 Å². The smallest absolute Gasteiger partial charge is 0.217 e. The summed E-state index contributed by atoms with van der Waals surface area (Å²) in [4.78, 5) is 18.4. The minimum Gasteiger partial charge on any atom is -0.381 e. The number of benzene rings is 1. The molecule has 0 bridgehead atoms. The summed E-state index contributed by atoms with van der Waals surface area (Å²) in [6, 6.07) is 11.3. The summed E-state index contributed by atoms with van der Waals surface area (Å²) < 4.78 is 49.5. The number of hydrogen-bond donors (Lipinski definition) is 0. The zero-order valence-electron chi connectivity index (χ0n) is 20.2. The first-order valence-electron chi connectivity index (χ1n) is 12.4. The number of ether oxygens (including phenoxy) is 1. The van der Waals surface area contributed by atoms with Crippen molar-refractivity contribution in [3.8, 4) is 5.69 Å². The van der Waals surface area contributed by atoms with Crippen molar-refractivity contribution in [2.75, 3.05) is 26.3 Å². The molecule has 2 fully saturated rings. The number of halogens is 1. The van der Waals surface area contributed by atoms with Gasteiger partial charge in [0.15, 0.2) is 5.78 Å².